The highest BCUT2D eigenvalue weighted by molar-refractivity contribution is 7.81. The van der Waals surface area contributed by atoms with E-state index in [0.717, 1.165) is 0 Å². The first-order valence-corrected chi connectivity index (χ1v) is 12.5. The molecule has 0 radical (unpaired) electrons. The van der Waals surface area contributed by atoms with E-state index < -0.39 is 40.3 Å². The van der Waals surface area contributed by atoms with E-state index in [0.29, 0.717) is 50.4 Å². The second-order valence-electron chi connectivity index (χ2n) is 10.4. The number of nitrogens with two attached hydrogens (primary N) is 1. The average Bonchev–Trinajstić information content (AvgIpc) is 3.30. The predicted octanol–water partition coefficient (Wildman–Crippen LogP) is 3.86. The van der Waals surface area contributed by atoms with Gasteiger partial charge in [0.2, 0.25) is 6.41 Å². The van der Waals surface area contributed by atoms with E-state index in [1.807, 2.05) is 0 Å². The lowest BCUT2D eigenvalue weighted by atomic mass is 9.56. The van der Waals surface area contributed by atoms with Gasteiger partial charge in [0.15, 0.2) is 17.5 Å². The van der Waals surface area contributed by atoms with Crippen LogP contribution in [0, 0.1) is 0 Å². The number of ether oxygens (including phenoxy) is 1. The molecule has 3 unspecified atom stereocenters. The van der Waals surface area contributed by atoms with Gasteiger partial charge in [0, 0.05) is 37.3 Å². The number of H-pyrrole nitrogens is 1. The summed E-state index contributed by atoms with van der Waals surface area (Å²) in [7, 11) is 0. The van der Waals surface area contributed by atoms with Gasteiger partial charge in [-0.25, -0.2) is 23.1 Å². The van der Waals surface area contributed by atoms with E-state index in [2.05, 4.69) is 27.6 Å². The summed E-state index contributed by atoms with van der Waals surface area (Å²) >= 11 is 3.48. The molecule has 0 spiro atoms. The number of allylic oxidation sites excluding steroid dienone is 2. The summed E-state index contributed by atoms with van der Waals surface area (Å²) in [6.07, 6.45) is 0.137. The molecule has 37 heavy (non-hydrogen) atoms. The highest BCUT2D eigenvalue weighted by Gasteiger charge is 2.77. The van der Waals surface area contributed by atoms with Gasteiger partial charge in [0.05, 0.1) is 11.2 Å². The molecule has 5 rings (SSSR count). The number of piperidine rings is 1. The van der Waals surface area contributed by atoms with Crippen molar-refractivity contribution < 1.29 is 31.5 Å². The normalized spacial score (nSPS) is 38.7. The fourth-order valence-corrected chi connectivity index (χ4v) is 6.53. The van der Waals surface area contributed by atoms with Crippen molar-refractivity contribution in [2.24, 2.45) is 5.73 Å². The Labute approximate surface area is 215 Å². The third kappa shape index (κ3) is 3.63. The van der Waals surface area contributed by atoms with E-state index in [-0.39, 0.29) is 35.6 Å². The largest absolute Gasteiger partial charge is 0.381 e. The van der Waals surface area contributed by atoms with Crippen LogP contribution in [0.25, 0.3) is 11.2 Å². The van der Waals surface area contributed by atoms with Gasteiger partial charge in [0.25, 0.3) is 5.00 Å². The van der Waals surface area contributed by atoms with Crippen molar-refractivity contribution in [3.05, 3.63) is 35.8 Å². The fourth-order valence-electron chi connectivity index (χ4n) is 6.12. The van der Waals surface area contributed by atoms with Gasteiger partial charge in [-0.1, -0.05) is 0 Å². The topological polar surface area (TPSA) is 97.1 Å². The first-order chi connectivity index (χ1) is 17.3. The molecule has 3 N–H and O–H groups in total. The first kappa shape index (κ1) is 26.4. The number of hydrogen-bond donors (Lipinski definition) is 3. The number of carbonyl (C=O) groups is 1. The van der Waals surface area contributed by atoms with Crippen LogP contribution in [-0.2, 0) is 14.9 Å². The van der Waals surface area contributed by atoms with Gasteiger partial charge in [0.1, 0.15) is 5.82 Å². The molecule has 1 aliphatic carbocycles. The van der Waals surface area contributed by atoms with E-state index in [4.69, 9.17) is 10.5 Å². The monoisotopic (exact) mass is 545 g/mol. The molecule has 0 saturated carbocycles. The zero-order valence-corrected chi connectivity index (χ0v) is 21.0. The number of imidazole rings is 1. The number of hydrogen-bond acceptors (Lipinski definition) is 6. The van der Waals surface area contributed by atoms with E-state index >= 15 is 8.78 Å². The van der Waals surface area contributed by atoms with Crippen LogP contribution < -0.4 is 5.73 Å². The maximum absolute atomic E-state index is 17.3. The van der Waals surface area contributed by atoms with Crippen LogP contribution in [0.1, 0.15) is 49.9 Å². The van der Waals surface area contributed by atoms with Crippen LogP contribution in [0.2, 0.25) is 0 Å². The number of pyridine rings is 1. The molecule has 2 aromatic rings. The Bertz CT molecular complexity index is 1230. The minimum Gasteiger partial charge on any atom is -0.381 e. The number of amides is 1. The molecule has 2 fully saturated rings. The Hall–Kier alpha value is -2.25. The Kier molecular flexibility index (Phi) is 6.15. The van der Waals surface area contributed by atoms with Crippen LogP contribution in [0.3, 0.4) is 0 Å². The van der Waals surface area contributed by atoms with E-state index in [1.165, 1.54) is 24.1 Å². The van der Waals surface area contributed by atoms with Gasteiger partial charge in [-0.15, -0.1) is 12.6 Å². The fraction of sp³-hybridized carbons (Fsp3) is 0.625. The number of fused-ring (bicyclic) bond motifs is 1. The second kappa shape index (κ2) is 8.63. The molecule has 2 aliphatic heterocycles. The number of aromatic amines is 1. The number of thiol groups is 1. The standard InChI is InChI=1S/C24H28F5N5O2S/c1-20(30)12-21(7-9-34(20)13-35,22(26)6-2-16(25)23(27,28)24(22,29)37)15-3-8-31-19-17(15)32-18(33-19)14-4-10-36-11-5-14/h2-3,6,8,13-14,16,37H,4-5,7,9-12,30H2,1H3,(H,31,32,33)/t16?,20-,21+,22?,24?/m1/s1. The maximum atomic E-state index is 17.3. The molecule has 3 aliphatic rings. The number of aromatic nitrogens is 3. The number of carbonyl (C=O) groups excluding carboxylic acids is 1. The lowest BCUT2D eigenvalue weighted by Gasteiger charge is -2.58. The summed E-state index contributed by atoms with van der Waals surface area (Å²) in [5, 5.41) is -4.26. The summed E-state index contributed by atoms with van der Waals surface area (Å²) in [5.41, 5.74) is -0.274. The van der Waals surface area contributed by atoms with Crippen LogP contribution >= 0.6 is 12.6 Å². The first-order valence-electron chi connectivity index (χ1n) is 12.1. The summed E-state index contributed by atoms with van der Waals surface area (Å²) in [4.78, 5) is 24.9. The van der Waals surface area contributed by atoms with Crippen molar-refractivity contribution in [2.75, 3.05) is 19.8 Å². The zero-order chi connectivity index (χ0) is 26.9. The van der Waals surface area contributed by atoms with Crippen LogP contribution in [0.15, 0.2) is 24.4 Å². The van der Waals surface area contributed by atoms with Crippen LogP contribution in [-0.4, -0.2) is 74.4 Å². The van der Waals surface area contributed by atoms with Gasteiger partial charge < -0.3 is 20.4 Å². The summed E-state index contributed by atoms with van der Waals surface area (Å²) in [6, 6.07) is 1.40. The van der Waals surface area contributed by atoms with Crippen molar-refractivity contribution in [3.8, 4) is 0 Å². The average molecular weight is 546 g/mol. The van der Waals surface area contributed by atoms with Crippen LogP contribution in [0.5, 0.6) is 0 Å². The molecule has 1 amide bonds. The van der Waals surface area contributed by atoms with Gasteiger partial charge in [-0.2, -0.15) is 8.78 Å². The highest BCUT2D eigenvalue weighted by atomic mass is 32.1. The molecule has 4 heterocycles. The second-order valence-corrected chi connectivity index (χ2v) is 11.1. The summed E-state index contributed by atoms with van der Waals surface area (Å²) in [6.45, 7) is 2.32. The van der Waals surface area contributed by atoms with Crippen molar-refractivity contribution in [1.82, 2.24) is 19.9 Å². The number of nitrogens with zero attached hydrogens (tertiary/aromatic N) is 3. The number of alkyl halides is 5. The van der Waals surface area contributed by atoms with Gasteiger partial charge >= 0.3 is 5.92 Å². The third-order valence-corrected chi connectivity index (χ3v) is 8.84. The maximum Gasteiger partial charge on any atom is 0.328 e. The SMILES string of the molecule is C[C@]1(N)C[C@@](c2ccnc3nc(C4CCOCC4)[nH]c23)(C2(F)C=CC(F)C(F)(F)C2(F)S)CCN1C=O. The van der Waals surface area contributed by atoms with Crippen LogP contribution in [0.4, 0.5) is 22.0 Å². The van der Waals surface area contributed by atoms with E-state index in [9.17, 15) is 18.0 Å². The number of halogens is 5. The lowest BCUT2D eigenvalue weighted by molar-refractivity contribution is -0.199. The molecule has 5 atom stereocenters. The molecule has 2 saturated heterocycles. The number of nitrogens with one attached hydrogen (secondary N) is 1. The minimum absolute atomic E-state index is 0.000813. The summed E-state index contributed by atoms with van der Waals surface area (Å²) < 4.78 is 82.9. The Morgan fingerprint density at radius 2 is 1.97 bits per heavy atom. The highest BCUT2D eigenvalue weighted by Crippen LogP contribution is 2.63. The molecular formula is C24H28F5N5O2S. The van der Waals surface area contributed by atoms with Gasteiger partial charge in [-0.05, 0) is 56.4 Å². The molecular weight excluding hydrogens is 517 g/mol. The Balaban J connectivity index is 1.76. The van der Waals surface area contributed by atoms with Crippen molar-refractivity contribution in [2.45, 2.75) is 72.4 Å². The predicted molar refractivity (Wildman–Crippen MR) is 129 cm³/mol. The third-order valence-electron chi connectivity index (χ3n) is 8.22. The molecule has 0 bridgehead atoms. The smallest absolute Gasteiger partial charge is 0.328 e. The minimum atomic E-state index is -4.80. The quantitative estimate of drug-likeness (QED) is 0.235. The van der Waals surface area contributed by atoms with Crippen molar-refractivity contribution in [3.63, 3.8) is 0 Å². The lowest BCUT2D eigenvalue weighted by Crippen LogP contribution is -2.73. The zero-order valence-electron chi connectivity index (χ0n) is 20.1. The number of rotatable bonds is 4. The van der Waals surface area contributed by atoms with Gasteiger partial charge in [-0.3, -0.25) is 4.79 Å². The molecule has 7 nitrogen and oxygen atoms in total. The molecule has 13 heteroatoms. The number of likely N-dealkylation sites (tertiary alicyclic amines) is 1. The molecule has 2 aromatic heterocycles. The van der Waals surface area contributed by atoms with Crippen molar-refractivity contribution >= 4 is 30.2 Å². The summed E-state index contributed by atoms with van der Waals surface area (Å²) in [5.74, 6) is -4.24. The van der Waals surface area contributed by atoms with Crippen molar-refractivity contribution in [1.29, 1.82) is 0 Å². The molecule has 0 aromatic carbocycles. The molecule has 202 valence electrons. The van der Waals surface area contributed by atoms with E-state index in [1.54, 1.807) is 0 Å². The Morgan fingerprint density at radius 3 is 2.62 bits per heavy atom. The Morgan fingerprint density at radius 1 is 1.27 bits per heavy atom.